The van der Waals surface area contributed by atoms with Crippen LogP contribution in [-0.4, -0.2) is 21.4 Å². The topological polar surface area (TPSA) is 71.3 Å². The Bertz CT molecular complexity index is 1050. The Balaban J connectivity index is 1.70. The molecule has 0 fully saturated rings. The molecule has 4 rings (SSSR count). The van der Waals surface area contributed by atoms with Crippen molar-refractivity contribution in [3.63, 3.8) is 0 Å². The maximum Gasteiger partial charge on any atom is 0.573 e. The number of para-hydroxylation sites is 2. The molecule has 2 aromatic heterocycles. The largest absolute Gasteiger partial charge is 0.573 e. The predicted octanol–water partition coefficient (Wildman–Crippen LogP) is 5.09. The van der Waals surface area contributed by atoms with Crippen LogP contribution in [0.15, 0.2) is 59.0 Å². The molecule has 0 amide bonds. The first-order chi connectivity index (χ1) is 12.4. The Labute approximate surface area is 144 Å². The van der Waals surface area contributed by atoms with Crippen LogP contribution in [0.5, 0.6) is 11.5 Å². The number of aromatic nitrogens is 2. The maximum absolute atomic E-state index is 12.4. The minimum absolute atomic E-state index is 0.0779. The molecule has 0 radical (unpaired) electrons. The van der Waals surface area contributed by atoms with Crippen LogP contribution in [0.25, 0.3) is 33.9 Å². The monoisotopic (exact) mass is 360 g/mol. The number of H-pyrrole nitrogens is 1. The third-order valence-corrected chi connectivity index (χ3v) is 3.70. The van der Waals surface area contributed by atoms with Crippen molar-refractivity contribution < 1.29 is 27.4 Å². The van der Waals surface area contributed by atoms with E-state index in [1.807, 2.05) is 24.3 Å². The van der Waals surface area contributed by atoms with Gasteiger partial charge in [-0.3, -0.25) is 0 Å². The number of phenolic OH excluding ortho intramolecular Hbond substituents is 1. The van der Waals surface area contributed by atoms with E-state index in [1.54, 1.807) is 6.07 Å². The number of hydrogen-bond acceptors (Lipinski definition) is 4. The third-order valence-electron chi connectivity index (χ3n) is 3.70. The second-order valence-electron chi connectivity index (χ2n) is 5.49. The average molecular weight is 360 g/mol. The second-order valence-corrected chi connectivity index (χ2v) is 5.49. The van der Waals surface area contributed by atoms with Gasteiger partial charge in [-0.05, 0) is 42.5 Å². The zero-order valence-electron chi connectivity index (χ0n) is 13.0. The molecule has 0 aliphatic heterocycles. The summed E-state index contributed by atoms with van der Waals surface area (Å²) in [7, 11) is 0. The average Bonchev–Trinajstić information content (AvgIpc) is 3.21. The number of imidazole rings is 1. The number of phenols is 1. The molecule has 2 N–H and O–H groups in total. The maximum atomic E-state index is 12.4. The van der Waals surface area contributed by atoms with Crippen molar-refractivity contribution in [2.75, 3.05) is 0 Å². The zero-order chi connectivity index (χ0) is 18.3. The van der Waals surface area contributed by atoms with Gasteiger partial charge in [-0.15, -0.1) is 13.2 Å². The van der Waals surface area contributed by atoms with Gasteiger partial charge in [0.2, 0.25) is 0 Å². The molecule has 2 aromatic carbocycles. The summed E-state index contributed by atoms with van der Waals surface area (Å²) in [5.41, 5.74) is 1.65. The van der Waals surface area contributed by atoms with E-state index in [0.29, 0.717) is 11.6 Å². The summed E-state index contributed by atoms with van der Waals surface area (Å²) in [4.78, 5) is 7.49. The number of alkyl halides is 3. The van der Waals surface area contributed by atoms with E-state index in [1.165, 1.54) is 6.07 Å². The van der Waals surface area contributed by atoms with Gasteiger partial charge in [0.25, 0.3) is 0 Å². The lowest BCUT2D eigenvalue weighted by Gasteiger charge is -2.10. The first-order valence-corrected chi connectivity index (χ1v) is 7.53. The summed E-state index contributed by atoms with van der Waals surface area (Å²) in [6.07, 6.45) is -4.82. The Kier molecular flexibility index (Phi) is 3.61. The van der Waals surface area contributed by atoms with E-state index in [2.05, 4.69) is 14.7 Å². The van der Waals surface area contributed by atoms with Gasteiger partial charge in [0.15, 0.2) is 11.6 Å². The van der Waals surface area contributed by atoms with Crippen molar-refractivity contribution in [3.05, 3.63) is 54.6 Å². The number of hydrogen-bond donors (Lipinski definition) is 2. The van der Waals surface area contributed by atoms with Gasteiger partial charge in [-0.1, -0.05) is 12.1 Å². The van der Waals surface area contributed by atoms with Crippen LogP contribution in [0.1, 0.15) is 0 Å². The van der Waals surface area contributed by atoms with Crippen LogP contribution in [0, 0.1) is 0 Å². The molecular formula is C18H11F3N2O3. The van der Waals surface area contributed by atoms with Crippen LogP contribution in [0.2, 0.25) is 0 Å². The quantitative estimate of drug-likeness (QED) is 0.534. The fourth-order valence-corrected chi connectivity index (χ4v) is 2.59. The van der Waals surface area contributed by atoms with E-state index in [4.69, 9.17) is 4.42 Å². The highest BCUT2D eigenvalue weighted by Crippen LogP contribution is 2.37. The summed E-state index contributed by atoms with van der Waals surface area (Å²) in [6.45, 7) is 0. The lowest BCUT2D eigenvalue weighted by Crippen LogP contribution is -2.17. The number of furan rings is 1. The summed E-state index contributed by atoms with van der Waals surface area (Å²) in [5.74, 6) is 0.361. The minimum atomic E-state index is -4.82. The molecule has 0 atom stereocenters. The van der Waals surface area contributed by atoms with Gasteiger partial charge in [0.1, 0.15) is 17.3 Å². The number of halogens is 3. The number of aromatic amines is 1. The van der Waals surface area contributed by atoms with E-state index in [0.717, 1.165) is 29.2 Å². The normalized spacial score (nSPS) is 11.8. The van der Waals surface area contributed by atoms with E-state index >= 15 is 0 Å². The highest BCUT2D eigenvalue weighted by atomic mass is 19.4. The second kappa shape index (κ2) is 5.83. The number of ether oxygens (including phenoxy) is 1. The molecule has 0 aliphatic rings. The molecule has 4 aromatic rings. The number of nitrogens with zero attached hydrogens (tertiary/aromatic N) is 1. The Morgan fingerprint density at radius 2 is 1.77 bits per heavy atom. The number of benzene rings is 2. The Morgan fingerprint density at radius 3 is 2.54 bits per heavy atom. The van der Waals surface area contributed by atoms with Crippen LogP contribution >= 0.6 is 0 Å². The molecule has 0 saturated heterocycles. The molecule has 8 heteroatoms. The first kappa shape index (κ1) is 16.1. The number of aromatic hydroxyl groups is 1. The smallest absolute Gasteiger partial charge is 0.507 e. The molecule has 132 valence electrons. The number of fused-ring (bicyclic) bond motifs is 1. The van der Waals surface area contributed by atoms with Crippen molar-refractivity contribution in [2.45, 2.75) is 6.36 Å². The molecule has 0 unspecified atom stereocenters. The summed E-state index contributed by atoms with van der Waals surface area (Å²) in [5, 5.41) is 9.96. The Hall–Kier alpha value is -3.42. The van der Waals surface area contributed by atoms with Gasteiger partial charge in [-0.2, -0.15) is 0 Å². The molecule has 0 aliphatic carbocycles. The molecule has 5 nitrogen and oxygen atoms in total. The summed E-state index contributed by atoms with van der Waals surface area (Å²) in [6, 6.07) is 13.8. The van der Waals surface area contributed by atoms with E-state index < -0.39 is 12.1 Å². The van der Waals surface area contributed by atoms with Crippen molar-refractivity contribution >= 4 is 11.0 Å². The van der Waals surface area contributed by atoms with Gasteiger partial charge >= 0.3 is 6.36 Å². The lowest BCUT2D eigenvalue weighted by atomic mass is 10.1. The van der Waals surface area contributed by atoms with Crippen LogP contribution in [0.4, 0.5) is 13.2 Å². The molecule has 2 heterocycles. The SMILES string of the molecule is Oc1ccc(OC(F)(F)F)cc1-c1ccc(-c2nc3ccccc3[nH]2)o1. The van der Waals surface area contributed by atoms with Gasteiger partial charge in [0.05, 0.1) is 16.6 Å². The molecular weight excluding hydrogens is 349 g/mol. The zero-order valence-corrected chi connectivity index (χ0v) is 13.0. The van der Waals surface area contributed by atoms with Crippen molar-refractivity contribution in [3.8, 4) is 34.4 Å². The third kappa shape index (κ3) is 3.08. The van der Waals surface area contributed by atoms with Gasteiger partial charge in [-0.25, -0.2) is 4.98 Å². The van der Waals surface area contributed by atoms with Gasteiger partial charge < -0.3 is 19.2 Å². The standard InChI is InChI=1S/C18H11F3N2O3/c19-18(20,21)26-10-5-6-14(24)11(9-10)15-7-8-16(25-15)17-22-12-3-1-2-4-13(12)23-17/h1-9,24H,(H,22,23). The molecule has 0 saturated carbocycles. The fraction of sp³-hybridized carbons (Fsp3) is 0.0556. The predicted molar refractivity (Wildman–Crippen MR) is 87.6 cm³/mol. The number of nitrogens with one attached hydrogen (secondary N) is 1. The van der Waals surface area contributed by atoms with Crippen LogP contribution in [0.3, 0.4) is 0 Å². The van der Waals surface area contributed by atoms with E-state index in [9.17, 15) is 18.3 Å². The fourth-order valence-electron chi connectivity index (χ4n) is 2.59. The Morgan fingerprint density at radius 1 is 1.00 bits per heavy atom. The van der Waals surface area contributed by atoms with E-state index in [-0.39, 0.29) is 17.1 Å². The van der Waals surface area contributed by atoms with Crippen molar-refractivity contribution in [2.24, 2.45) is 0 Å². The molecule has 0 bridgehead atoms. The molecule has 26 heavy (non-hydrogen) atoms. The lowest BCUT2D eigenvalue weighted by molar-refractivity contribution is -0.274. The highest BCUT2D eigenvalue weighted by molar-refractivity contribution is 5.79. The van der Waals surface area contributed by atoms with Gasteiger partial charge in [0, 0.05) is 0 Å². The minimum Gasteiger partial charge on any atom is -0.507 e. The van der Waals surface area contributed by atoms with Crippen molar-refractivity contribution in [1.29, 1.82) is 0 Å². The van der Waals surface area contributed by atoms with Crippen LogP contribution < -0.4 is 4.74 Å². The first-order valence-electron chi connectivity index (χ1n) is 7.53. The highest BCUT2D eigenvalue weighted by Gasteiger charge is 2.31. The summed E-state index contributed by atoms with van der Waals surface area (Å²) >= 11 is 0. The number of rotatable bonds is 3. The summed E-state index contributed by atoms with van der Waals surface area (Å²) < 4.78 is 46.7. The van der Waals surface area contributed by atoms with Crippen LogP contribution in [-0.2, 0) is 0 Å². The molecule has 0 spiro atoms. The van der Waals surface area contributed by atoms with Crippen molar-refractivity contribution in [1.82, 2.24) is 9.97 Å².